The van der Waals surface area contributed by atoms with Crippen LogP contribution in [0.4, 0.5) is 4.79 Å². The van der Waals surface area contributed by atoms with Crippen LogP contribution >= 0.6 is 0 Å². The van der Waals surface area contributed by atoms with Gasteiger partial charge in [-0.05, 0) is 12.8 Å². The molecule has 0 spiro atoms. The average molecular weight is 127 g/mol. The lowest BCUT2D eigenvalue weighted by Gasteiger charge is -2.16. The maximum absolute atomic E-state index is 10.2. The predicted molar refractivity (Wildman–Crippen MR) is 33.1 cm³/mol. The van der Waals surface area contributed by atoms with Crippen LogP contribution < -0.4 is 0 Å². The monoisotopic (exact) mass is 127 g/mol. The molecule has 0 atom stereocenters. The smallest absolute Gasteiger partial charge is 0.411 e. The second-order valence-corrected chi connectivity index (χ2v) is 2.00. The van der Waals surface area contributed by atoms with Crippen LogP contribution in [-0.4, -0.2) is 22.6 Å². The van der Waals surface area contributed by atoms with Gasteiger partial charge in [0.25, 0.3) is 0 Å². The summed E-state index contributed by atoms with van der Waals surface area (Å²) in [6.07, 6.45) is 4.58. The standard InChI is InChI=1S/C6H9NO2/c8-6(9)7-4-2-1-3-5-7/h2,4H,1,3,5H2,(H,8,9). The van der Waals surface area contributed by atoms with E-state index >= 15 is 0 Å². The zero-order valence-electron chi connectivity index (χ0n) is 5.08. The molecule has 1 amide bonds. The highest BCUT2D eigenvalue weighted by atomic mass is 16.4. The van der Waals surface area contributed by atoms with Crippen LogP contribution in [0.5, 0.6) is 0 Å². The number of allylic oxidation sites excluding steroid dienone is 1. The molecule has 0 unspecified atom stereocenters. The van der Waals surface area contributed by atoms with Crippen molar-refractivity contribution in [2.45, 2.75) is 12.8 Å². The van der Waals surface area contributed by atoms with E-state index in [1.807, 2.05) is 6.08 Å². The molecule has 3 nitrogen and oxygen atoms in total. The Morgan fingerprint density at radius 1 is 1.67 bits per heavy atom. The molecule has 3 heteroatoms. The topological polar surface area (TPSA) is 40.5 Å². The van der Waals surface area contributed by atoms with Gasteiger partial charge in [-0.25, -0.2) is 4.79 Å². The third kappa shape index (κ3) is 1.45. The molecule has 1 aliphatic rings. The van der Waals surface area contributed by atoms with E-state index in [9.17, 15) is 4.79 Å². The van der Waals surface area contributed by atoms with Crippen molar-refractivity contribution in [3.63, 3.8) is 0 Å². The Hall–Kier alpha value is -0.990. The zero-order valence-corrected chi connectivity index (χ0v) is 5.08. The van der Waals surface area contributed by atoms with Crippen LogP contribution in [-0.2, 0) is 0 Å². The van der Waals surface area contributed by atoms with Crippen molar-refractivity contribution in [1.82, 2.24) is 4.90 Å². The third-order valence-corrected chi connectivity index (χ3v) is 1.30. The zero-order chi connectivity index (χ0) is 6.69. The fourth-order valence-electron chi connectivity index (χ4n) is 0.815. The quantitative estimate of drug-likeness (QED) is 0.532. The van der Waals surface area contributed by atoms with E-state index in [1.165, 1.54) is 4.90 Å². The highest BCUT2D eigenvalue weighted by Crippen LogP contribution is 2.04. The van der Waals surface area contributed by atoms with Crippen molar-refractivity contribution in [1.29, 1.82) is 0 Å². The fourth-order valence-corrected chi connectivity index (χ4v) is 0.815. The minimum Gasteiger partial charge on any atom is -0.465 e. The van der Waals surface area contributed by atoms with Crippen molar-refractivity contribution in [2.75, 3.05) is 6.54 Å². The van der Waals surface area contributed by atoms with E-state index in [2.05, 4.69) is 0 Å². The summed E-state index contributed by atoms with van der Waals surface area (Å²) in [4.78, 5) is 11.5. The molecule has 9 heavy (non-hydrogen) atoms. The van der Waals surface area contributed by atoms with Gasteiger partial charge in [-0.2, -0.15) is 0 Å². The molecule has 50 valence electrons. The molecule has 0 aromatic heterocycles. The lowest BCUT2D eigenvalue weighted by atomic mass is 10.2. The van der Waals surface area contributed by atoms with Gasteiger partial charge in [0.15, 0.2) is 0 Å². The number of amides is 1. The average Bonchev–Trinajstić information content (AvgIpc) is 1.90. The van der Waals surface area contributed by atoms with Gasteiger partial charge >= 0.3 is 6.09 Å². The molecule has 1 N–H and O–H groups in total. The maximum atomic E-state index is 10.2. The third-order valence-electron chi connectivity index (χ3n) is 1.30. The van der Waals surface area contributed by atoms with Crippen molar-refractivity contribution in [3.8, 4) is 0 Å². The van der Waals surface area contributed by atoms with Crippen LogP contribution in [0.1, 0.15) is 12.8 Å². The molecule has 0 aromatic rings. The first-order chi connectivity index (χ1) is 4.30. The van der Waals surface area contributed by atoms with E-state index < -0.39 is 6.09 Å². The Morgan fingerprint density at radius 3 is 2.78 bits per heavy atom. The van der Waals surface area contributed by atoms with Crippen LogP contribution in [0.3, 0.4) is 0 Å². The summed E-state index contributed by atoms with van der Waals surface area (Å²) in [5.41, 5.74) is 0. The number of carbonyl (C=O) groups is 1. The predicted octanol–water partition coefficient (Wildman–Crippen LogP) is 1.27. The summed E-state index contributed by atoms with van der Waals surface area (Å²) in [7, 11) is 0. The Balaban J connectivity index is 2.50. The number of carboxylic acid groups (broad SMARTS) is 1. The summed E-state index contributed by atoms with van der Waals surface area (Å²) >= 11 is 0. The van der Waals surface area contributed by atoms with Crippen LogP contribution in [0.25, 0.3) is 0 Å². The molecule has 0 aliphatic carbocycles. The van der Waals surface area contributed by atoms with Gasteiger partial charge in [0.05, 0.1) is 0 Å². The molecule has 0 radical (unpaired) electrons. The Morgan fingerprint density at radius 2 is 2.44 bits per heavy atom. The highest BCUT2D eigenvalue weighted by Gasteiger charge is 2.08. The Labute approximate surface area is 53.6 Å². The van der Waals surface area contributed by atoms with Gasteiger partial charge in [0, 0.05) is 12.7 Å². The van der Waals surface area contributed by atoms with Gasteiger partial charge in [-0.1, -0.05) is 6.08 Å². The van der Waals surface area contributed by atoms with E-state index in [1.54, 1.807) is 6.20 Å². The summed E-state index contributed by atoms with van der Waals surface area (Å²) in [6, 6.07) is 0. The first-order valence-corrected chi connectivity index (χ1v) is 2.97. The van der Waals surface area contributed by atoms with E-state index in [0.717, 1.165) is 12.8 Å². The number of rotatable bonds is 0. The lowest BCUT2D eigenvalue weighted by molar-refractivity contribution is 0.161. The van der Waals surface area contributed by atoms with Crippen LogP contribution in [0.2, 0.25) is 0 Å². The highest BCUT2D eigenvalue weighted by molar-refractivity contribution is 5.66. The molecule has 1 heterocycles. The fraction of sp³-hybridized carbons (Fsp3) is 0.500. The van der Waals surface area contributed by atoms with E-state index in [4.69, 9.17) is 5.11 Å². The van der Waals surface area contributed by atoms with Gasteiger partial charge in [-0.3, -0.25) is 4.90 Å². The molecule has 0 saturated heterocycles. The summed E-state index contributed by atoms with van der Waals surface area (Å²) in [6.45, 7) is 0.645. The largest absolute Gasteiger partial charge is 0.465 e. The first-order valence-electron chi connectivity index (χ1n) is 2.97. The normalized spacial score (nSPS) is 18.0. The number of hydrogen-bond acceptors (Lipinski definition) is 1. The van der Waals surface area contributed by atoms with Crippen LogP contribution in [0, 0.1) is 0 Å². The summed E-state index contributed by atoms with van der Waals surface area (Å²) < 4.78 is 0. The minimum absolute atomic E-state index is 0.645. The van der Waals surface area contributed by atoms with Crippen LogP contribution in [0.15, 0.2) is 12.3 Å². The van der Waals surface area contributed by atoms with Gasteiger partial charge < -0.3 is 5.11 Å². The molecule has 1 rings (SSSR count). The second kappa shape index (κ2) is 2.53. The first kappa shape index (κ1) is 6.13. The van der Waals surface area contributed by atoms with E-state index in [-0.39, 0.29) is 0 Å². The lowest BCUT2D eigenvalue weighted by Crippen LogP contribution is -2.26. The summed E-state index contributed by atoms with van der Waals surface area (Å²) in [5, 5.41) is 8.41. The Bertz CT molecular complexity index is 142. The van der Waals surface area contributed by atoms with Gasteiger partial charge in [0.1, 0.15) is 0 Å². The molecule has 0 fully saturated rings. The molecular formula is C6H9NO2. The number of hydrogen-bond donors (Lipinski definition) is 1. The van der Waals surface area contributed by atoms with Gasteiger partial charge in [-0.15, -0.1) is 0 Å². The molecule has 0 bridgehead atoms. The van der Waals surface area contributed by atoms with Crippen molar-refractivity contribution in [2.24, 2.45) is 0 Å². The molecule has 0 aromatic carbocycles. The van der Waals surface area contributed by atoms with Crippen molar-refractivity contribution in [3.05, 3.63) is 12.3 Å². The Kier molecular flexibility index (Phi) is 1.72. The maximum Gasteiger partial charge on any atom is 0.411 e. The van der Waals surface area contributed by atoms with Crippen molar-refractivity contribution < 1.29 is 9.90 Å². The molecule has 0 saturated carbocycles. The van der Waals surface area contributed by atoms with Crippen molar-refractivity contribution >= 4 is 6.09 Å². The summed E-state index contributed by atoms with van der Waals surface area (Å²) in [5.74, 6) is 0. The second-order valence-electron chi connectivity index (χ2n) is 2.00. The molecular weight excluding hydrogens is 118 g/mol. The number of nitrogens with zero attached hydrogens (tertiary/aromatic N) is 1. The minimum atomic E-state index is -0.856. The van der Waals surface area contributed by atoms with Gasteiger partial charge in [0.2, 0.25) is 0 Å². The molecule has 1 aliphatic heterocycles. The SMILES string of the molecule is O=C(O)N1C=CCCC1. The van der Waals surface area contributed by atoms with E-state index in [0.29, 0.717) is 6.54 Å².